The molecule has 0 atom stereocenters. The van der Waals surface area contributed by atoms with Crippen LogP contribution < -0.4 is 20.3 Å². The molecule has 0 saturated heterocycles. The zero-order valence-corrected chi connectivity index (χ0v) is 17.2. The lowest BCUT2D eigenvalue weighted by atomic mass is 10.0. The van der Waals surface area contributed by atoms with E-state index in [9.17, 15) is 4.79 Å². The predicted octanol–water partition coefficient (Wildman–Crippen LogP) is 4.36. The van der Waals surface area contributed by atoms with Crippen LogP contribution in [-0.2, 0) is 0 Å². The Hall–Kier alpha value is -3.87. The van der Waals surface area contributed by atoms with Crippen LogP contribution in [0.5, 0.6) is 11.5 Å². The Bertz CT molecular complexity index is 1300. The minimum atomic E-state index is -0.273. The molecule has 0 aliphatic carbocycles. The van der Waals surface area contributed by atoms with Crippen LogP contribution >= 0.6 is 0 Å². The lowest BCUT2D eigenvalue weighted by molar-refractivity contribution is 0.355. The first-order valence-electron chi connectivity index (χ1n) is 9.46. The molecule has 0 saturated carbocycles. The van der Waals surface area contributed by atoms with E-state index in [0.29, 0.717) is 34.0 Å². The highest BCUT2D eigenvalue weighted by Gasteiger charge is 2.14. The smallest absolute Gasteiger partial charge is 0.262 e. The third-order valence-corrected chi connectivity index (χ3v) is 4.94. The van der Waals surface area contributed by atoms with E-state index < -0.39 is 0 Å². The Morgan fingerprint density at radius 2 is 1.77 bits per heavy atom. The molecule has 2 N–H and O–H groups in total. The molecule has 2 aromatic carbocycles. The van der Waals surface area contributed by atoms with Crippen molar-refractivity contribution >= 4 is 22.7 Å². The molecule has 0 bridgehead atoms. The third-order valence-electron chi connectivity index (χ3n) is 4.94. The van der Waals surface area contributed by atoms with Crippen molar-refractivity contribution in [2.45, 2.75) is 13.8 Å². The molecule has 30 heavy (non-hydrogen) atoms. The van der Waals surface area contributed by atoms with Gasteiger partial charge >= 0.3 is 0 Å². The van der Waals surface area contributed by atoms with Crippen LogP contribution in [0.3, 0.4) is 0 Å². The fourth-order valence-corrected chi connectivity index (χ4v) is 3.45. The molecule has 0 unspecified atom stereocenters. The van der Waals surface area contributed by atoms with Crippen LogP contribution in [0.1, 0.15) is 11.1 Å². The number of H-pyrrole nitrogens is 1. The summed E-state index contributed by atoms with van der Waals surface area (Å²) in [5.41, 5.74) is 4.71. The molecule has 4 rings (SSSR count). The average molecular weight is 402 g/mol. The van der Waals surface area contributed by atoms with Gasteiger partial charge < -0.3 is 14.8 Å². The summed E-state index contributed by atoms with van der Waals surface area (Å²) in [6.07, 6.45) is 1.64. The standard InChI is InChI=1S/C23H22N4O3/c1-13-5-7-17(14(2)11-13)25-23-26-21-20(22(28)27-23)16(9-10-24-21)15-6-8-18(29-3)19(12-15)30-4/h5-12H,1-4H3,(H2,24,25,26,27,28). The monoisotopic (exact) mass is 402 g/mol. The summed E-state index contributed by atoms with van der Waals surface area (Å²) in [6, 6.07) is 13.3. The SMILES string of the molecule is COc1ccc(-c2ccnc3nc(Nc4ccc(C)cc4C)[nH]c(=O)c23)cc1OC. The van der Waals surface area contributed by atoms with E-state index in [0.717, 1.165) is 16.8 Å². The fourth-order valence-electron chi connectivity index (χ4n) is 3.45. The number of nitrogens with one attached hydrogen (secondary N) is 2. The minimum absolute atomic E-state index is 0.273. The summed E-state index contributed by atoms with van der Waals surface area (Å²) < 4.78 is 10.7. The van der Waals surface area contributed by atoms with Crippen molar-refractivity contribution in [1.82, 2.24) is 15.0 Å². The second kappa shape index (κ2) is 7.87. The van der Waals surface area contributed by atoms with Gasteiger partial charge in [-0.05, 0) is 54.8 Å². The molecule has 7 nitrogen and oxygen atoms in total. The highest BCUT2D eigenvalue weighted by molar-refractivity contribution is 5.92. The molecule has 152 valence electrons. The van der Waals surface area contributed by atoms with E-state index in [1.165, 1.54) is 5.56 Å². The van der Waals surface area contributed by atoms with Crippen molar-refractivity contribution in [2.75, 3.05) is 19.5 Å². The Morgan fingerprint density at radius 1 is 0.967 bits per heavy atom. The molecule has 0 radical (unpaired) electrons. The number of ether oxygens (including phenoxy) is 2. The number of benzene rings is 2. The second-order valence-electron chi connectivity index (χ2n) is 6.98. The van der Waals surface area contributed by atoms with Crippen LogP contribution in [0.4, 0.5) is 11.6 Å². The number of methoxy groups -OCH3 is 2. The number of rotatable bonds is 5. The van der Waals surface area contributed by atoms with Crippen molar-refractivity contribution in [3.63, 3.8) is 0 Å². The Morgan fingerprint density at radius 3 is 2.50 bits per heavy atom. The Balaban J connectivity index is 1.80. The predicted molar refractivity (Wildman–Crippen MR) is 118 cm³/mol. The first-order valence-corrected chi connectivity index (χ1v) is 9.46. The number of aromatic amines is 1. The highest BCUT2D eigenvalue weighted by atomic mass is 16.5. The third kappa shape index (κ3) is 3.57. The molecule has 7 heteroatoms. The van der Waals surface area contributed by atoms with E-state index in [2.05, 4.69) is 26.3 Å². The van der Waals surface area contributed by atoms with Gasteiger partial charge in [0.2, 0.25) is 5.95 Å². The van der Waals surface area contributed by atoms with Gasteiger partial charge in [0.05, 0.1) is 19.6 Å². The average Bonchev–Trinajstić information content (AvgIpc) is 2.74. The first-order chi connectivity index (χ1) is 14.5. The van der Waals surface area contributed by atoms with Crippen molar-refractivity contribution in [3.05, 3.63) is 70.1 Å². The summed E-state index contributed by atoms with van der Waals surface area (Å²) in [4.78, 5) is 24.6. The van der Waals surface area contributed by atoms with E-state index in [1.807, 2.05) is 38.1 Å². The van der Waals surface area contributed by atoms with Gasteiger partial charge in [-0.15, -0.1) is 0 Å². The van der Waals surface area contributed by atoms with E-state index >= 15 is 0 Å². The summed E-state index contributed by atoms with van der Waals surface area (Å²) in [6.45, 7) is 4.04. The van der Waals surface area contributed by atoms with Gasteiger partial charge in [0.25, 0.3) is 5.56 Å². The molecule has 0 aliphatic rings. The van der Waals surface area contributed by atoms with Crippen molar-refractivity contribution < 1.29 is 9.47 Å². The Labute approximate surface area is 173 Å². The lowest BCUT2D eigenvalue weighted by Gasteiger charge is -2.12. The molecule has 0 fully saturated rings. The van der Waals surface area contributed by atoms with E-state index in [1.54, 1.807) is 32.5 Å². The number of anilines is 2. The minimum Gasteiger partial charge on any atom is -0.493 e. The van der Waals surface area contributed by atoms with Crippen LogP contribution in [0.2, 0.25) is 0 Å². The number of pyridine rings is 1. The lowest BCUT2D eigenvalue weighted by Crippen LogP contribution is -2.13. The van der Waals surface area contributed by atoms with Crippen LogP contribution in [0.25, 0.3) is 22.2 Å². The molecule has 4 aromatic rings. The molecular weight excluding hydrogens is 380 g/mol. The number of fused-ring (bicyclic) bond motifs is 1. The maximum Gasteiger partial charge on any atom is 0.262 e. The van der Waals surface area contributed by atoms with Crippen LogP contribution in [-0.4, -0.2) is 29.2 Å². The van der Waals surface area contributed by atoms with Gasteiger partial charge in [0, 0.05) is 11.9 Å². The van der Waals surface area contributed by atoms with Gasteiger partial charge in [-0.25, -0.2) is 4.98 Å². The molecule has 0 amide bonds. The zero-order chi connectivity index (χ0) is 21.3. The molecule has 0 aliphatic heterocycles. The van der Waals surface area contributed by atoms with Crippen LogP contribution in [0, 0.1) is 13.8 Å². The van der Waals surface area contributed by atoms with Gasteiger partial charge in [0.1, 0.15) is 0 Å². The summed E-state index contributed by atoms with van der Waals surface area (Å²) in [7, 11) is 3.16. The fraction of sp³-hybridized carbons (Fsp3) is 0.174. The number of aromatic nitrogens is 3. The van der Waals surface area contributed by atoms with Crippen molar-refractivity contribution in [3.8, 4) is 22.6 Å². The number of nitrogens with zero attached hydrogens (tertiary/aromatic N) is 2. The van der Waals surface area contributed by atoms with Crippen LogP contribution in [0.15, 0.2) is 53.5 Å². The molecule has 2 heterocycles. The summed E-state index contributed by atoms with van der Waals surface area (Å²) >= 11 is 0. The van der Waals surface area contributed by atoms with E-state index in [-0.39, 0.29) is 5.56 Å². The quantitative estimate of drug-likeness (QED) is 0.515. The maximum absolute atomic E-state index is 13.0. The van der Waals surface area contributed by atoms with Crippen molar-refractivity contribution in [2.24, 2.45) is 0 Å². The zero-order valence-electron chi connectivity index (χ0n) is 17.2. The topological polar surface area (TPSA) is 89.1 Å². The summed E-state index contributed by atoms with van der Waals surface area (Å²) in [5.74, 6) is 1.54. The molecular formula is C23H22N4O3. The van der Waals surface area contributed by atoms with Gasteiger partial charge in [-0.3, -0.25) is 9.78 Å². The van der Waals surface area contributed by atoms with Gasteiger partial charge in [0.15, 0.2) is 17.1 Å². The van der Waals surface area contributed by atoms with Gasteiger partial charge in [-0.1, -0.05) is 23.8 Å². The maximum atomic E-state index is 13.0. The first kappa shape index (κ1) is 19.4. The number of aryl methyl sites for hydroxylation is 2. The summed E-state index contributed by atoms with van der Waals surface area (Å²) in [5, 5.41) is 3.59. The largest absolute Gasteiger partial charge is 0.493 e. The number of hydrogen-bond acceptors (Lipinski definition) is 6. The number of hydrogen-bond donors (Lipinski definition) is 2. The van der Waals surface area contributed by atoms with E-state index in [4.69, 9.17) is 9.47 Å². The second-order valence-corrected chi connectivity index (χ2v) is 6.98. The Kier molecular flexibility index (Phi) is 5.10. The highest BCUT2D eigenvalue weighted by Crippen LogP contribution is 2.34. The van der Waals surface area contributed by atoms with Gasteiger partial charge in [-0.2, -0.15) is 4.98 Å². The van der Waals surface area contributed by atoms with Crippen molar-refractivity contribution in [1.29, 1.82) is 0 Å². The molecule has 0 spiro atoms. The normalized spacial score (nSPS) is 10.8. The molecule has 2 aromatic heterocycles.